The number of carbonyl (C=O) groups is 1. The van der Waals surface area contributed by atoms with E-state index in [9.17, 15) is 9.18 Å². The summed E-state index contributed by atoms with van der Waals surface area (Å²) >= 11 is 0. The van der Waals surface area contributed by atoms with Crippen LogP contribution >= 0.6 is 0 Å². The molecule has 3 nitrogen and oxygen atoms in total. The van der Waals surface area contributed by atoms with E-state index in [2.05, 4.69) is 4.90 Å². The molecule has 4 heteroatoms. The van der Waals surface area contributed by atoms with Crippen LogP contribution in [0.1, 0.15) is 19.3 Å². The Morgan fingerprint density at radius 3 is 2.86 bits per heavy atom. The van der Waals surface area contributed by atoms with E-state index in [-0.39, 0.29) is 12.3 Å². The first-order valence-corrected chi connectivity index (χ1v) is 5.25. The van der Waals surface area contributed by atoms with Crippen molar-refractivity contribution in [2.45, 2.75) is 25.4 Å². The molecule has 2 aliphatic rings. The number of carboxylic acids is 1. The first kappa shape index (κ1) is 9.90. The highest BCUT2D eigenvalue weighted by atomic mass is 19.1. The maximum atomic E-state index is 13.3. The van der Waals surface area contributed by atoms with Gasteiger partial charge in [0.1, 0.15) is 6.17 Å². The smallest absolute Gasteiger partial charge is 0.304 e. The molecule has 1 aliphatic heterocycles. The van der Waals surface area contributed by atoms with Gasteiger partial charge in [-0.25, -0.2) is 4.39 Å². The largest absolute Gasteiger partial charge is 0.481 e. The zero-order valence-electron chi connectivity index (χ0n) is 8.16. The molecule has 0 radical (unpaired) electrons. The molecule has 0 amide bonds. The van der Waals surface area contributed by atoms with E-state index in [1.54, 1.807) is 0 Å². The second-order valence-electron chi connectivity index (χ2n) is 4.42. The fourth-order valence-corrected chi connectivity index (χ4v) is 2.73. The molecule has 3 atom stereocenters. The Morgan fingerprint density at radius 1 is 1.43 bits per heavy atom. The number of halogens is 1. The quantitative estimate of drug-likeness (QED) is 0.744. The molecule has 1 saturated heterocycles. The van der Waals surface area contributed by atoms with Crippen LogP contribution in [0, 0.1) is 11.8 Å². The molecular weight excluding hydrogens is 185 g/mol. The Morgan fingerprint density at radius 2 is 2.21 bits per heavy atom. The van der Waals surface area contributed by atoms with Crippen molar-refractivity contribution in [2.24, 2.45) is 11.8 Å². The lowest BCUT2D eigenvalue weighted by Crippen LogP contribution is -2.26. The SMILES string of the molecule is O=C(O)CCN1CC2CCC(F)C2C1. The molecule has 0 spiro atoms. The number of likely N-dealkylation sites (tertiary alicyclic amines) is 1. The highest BCUT2D eigenvalue weighted by molar-refractivity contribution is 5.66. The Labute approximate surface area is 82.9 Å². The van der Waals surface area contributed by atoms with Gasteiger partial charge in [-0.15, -0.1) is 0 Å². The van der Waals surface area contributed by atoms with Crippen molar-refractivity contribution < 1.29 is 14.3 Å². The molecule has 0 bridgehead atoms. The average molecular weight is 201 g/mol. The Kier molecular flexibility index (Phi) is 2.72. The molecule has 2 fully saturated rings. The van der Waals surface area contributed by atoms with Crippen molar-refractivity contribution >= 4 is 5.97 Å². The minimum atomic E-state index is -0.765. The van der Waals surface area contributed by atoms with E-state index in [0.717, 1.165) is 19.5 Å². The summed E-state index contributed by atoms with van der Waals surface area (Å²) < 4.78 is 13.3. The summed E-state index contributed by atoms with van der Waals surface area (Å²) in [4.78, 5) is 12.5. The van der Waals surface area contributed by atoms with E-state index >= 15 is 0 Å². The molecule has 1 N–H and O–H groups in total. The second-order valence-corrected chi connectivity index (χ2v) is 4.42. The van der Waals surface area contributed by atoms with Gasteiger partial charge in [0.25, 0.3) is 0 Å². The summed E-state index contributed by atoms with van der Waals surface area (Å²) in [6.45, 7) is 2.24. The van der Waals surface area contributed by atoms with E-state index in [4.69, 9.17) is 5.11 Å². The van der Waals surface area contributed by atoms with E-state index in [1.807, 2.05) is 0 Å². The fraction of sp³-hybridized carbons (Fsp3) is 0.900. The normalized spacial score (nSPS) is 37.4. The fourth-order valence-electron chi connectivity index (χ4n) is 2.73. The van der Waals surface area contributed by atoms with E-state index < -0.39 is 12.1 Å². The summed E-state index contributed by atoms with van der Waals surface area (Å²) in [5.74, 6) is -0.0959. The minimum Gasteiger partial charge on any atom is -0.481 e. The maximum absolute atomic E-state index is 13.3. The van der Waals surface area contributed by atoms with Crippen molar-refractivity contribution in [3.63, 3.8) is 0 Å². The third-order valence-electron chi connectivity index (χ3n) is 3.49. The molecule has 0 aromatic rings. The van der Waals surface area contributed by atoms with Crippen LogP contribution < -0.4 is 0 Å². The van der Waals surface area contributed by atoms with Crippen molar-refractivity contribution in [3.8, 4) is 0 Å². The average Bonchev–Trinajstić information content (AvgIpc) is 2.65. The van der Waals surface area contributed by atoms with Gasteiger partial charge < -0.3 is 10.0 Å². The molecule has 1 heterocycles. The number of carboxylic acid groups (broad SMARTS) is 1. The Balaban J connectivity index is 1.80. The Hall–Kier alpha value is -0.640. The molecule has 1 saturated carbocycles. The topological polar surface area (TPSA) is 40.5 Å². The first-order chi connectivity index (χ1) is 6.66. The number of alkyl halides is 1. The van der Waals surface area contributed by atoms with Crippen LogP contribution in [0.15, 0.2) is 0 Å². The summed E-state index contributed by atoms with van der Waals surface area (Å²) in [7, 11) is 0. The lowest BCUT2D eigenvalue weighted by molar-refractivity contribution is -0.137. The zero-order valence-corrected chi connectivity index (χ0v) is 8.16. The van der Waals surface area contributed by atoms with Gasteiger partial charge in [-0.3, -0.25) is 4.79 Å². The van der Waals surface area contributed by atoms with Gasteiger partial charge in [-0.2, -0.15) is 0 Å². The predicted octanol–water partition coefficient (Wildman–Crippen LogP) is 1.14. The van der Waals surface area contributed by atoms with Crippen LogP contribution in [-0.2, 0) is 4.79 Å². The van der Waals surface area contributed by atoms with Crippen LogP contribution in [-0.4, -0.2) is 41.8 Å². The third-order valence-corrected chi connectivity index (χ3v) is 3.49. The van der Waals surface area contributed by atoms with Crippen LogP contribution in [0.4, 0.5) is 4.39 Å². The highest BCUT2D eigenvalue weighted by Gasteiger charge is 2.42. The molecule has 14 heavy (non-hydrogen) atoms. The van der Waals surface area contributed by atoms with Gasteiger partial charge in [-0.05, 0) is 18.8 Å². The van der Waals surface area contributed by atoms with Crippen molar-refractivity contribution in [1.82, 2.24) is 4.90 Å². The third kappa shape index (κ3) is 1.90. The summed E-state index contributed by atoms with van der Waals surface area (Å²) in [5, 5.41) is 8.53. The van der Waals surface area contributed by atoms with E-state index in [1.165, 1.54) is 0 Å². The molecule has 2 rings (SSSR count). The van der Waals surface area contributed by atoms with Crippen molar-refractivity contribution in [2.75, 3.05) is 19.6 Å². The van der Waals surface area contributed by atoms with Gasteiger partial charge in [0, 0.05) is 25.6 Å². The summed E-state index contributed by atoms with van der Waals surface area (Å²) in [6.07, 6.45) is 1.23. The monoisotopic (exact) mass is 201 g/mol. The number of fused-ring (bicyclic) bond motifs is 1. The lowest BCUT2D eigenvalue weighted by atomic mass is 10.0. The van der Waals surface area contributed by atoms with Gasteiger partial charge in [0.15, 0.2) is 0 Å². The molecule has 80 valence electrons. The second kappa shape index (κ2) is 3.85. The molecule has 3 unspecified atom stereocenters. The first-order valence-electron chi connectivity index (χ1n) is 5.25. The van der Waals surface area contributed by atoms with Crippen molar-refractivity contribution in [3.05, 3.63) is 0 Å². The predicted molar refractivity (Wildman–Crippen MR) is 49.8 cm³/mol. The summed E-state index contributed by atoms with van der Waals surface area (Å²) in [5.41, 5.74) is 0. The number of nitrogens with zero attached hydrogens (tertiary/aromatic N) is 1. The van der Waals surface area contributed by atoms with Crippen LogP contribution in [0.5, 0.6) is 0 Å². The summed E-state index contributed by atoms with van der Waals surface area (Å²) in [6, 6.07) is 0. The molecular formula is C10H16FNO2. The van der Waals surface area contributed by atoms with Gasteiger partial charge in [0.2, 0.25) is 0 Å². The molecule has 1 aliphatic carbocycles. The van der Waals surface area contributed by atoms with Crippen LogP contribution in [0.2, 0.25) is 0 Å². The standard InChI is InChI=1S/C10H16FNO2/c11-9-2-1-7-5-12(6-8(7)9)4-3-10(13)14/h7-9H,1-6H2,(H,13,14). The zero-order chi connectivity index (χ0) is 10.1. The van der Waals surface area contributed by atoms with Crippen molar-refractivity contribution in [1.29, 1.82) is 0 Å². The minimum absolute atomic E-state index is 0.177. The maximum Gasteiger partial charge on any atom is 0.304 e. The lowest BCUT2D eigenvalue weighted by Gasteiger charge is -2.15. The molecule has 0 aromatic heterocycles. The van der Waals surface area contributed by atoms with Crippen LogP contribution in [0.25, 0.3) is 0 Å². The highest BCUT2D eigenvalue weighted by Crippen LogP contribution is 2.39. The van der Waals surface area contributed by atoms with E-state index in [0.29, 0.717) is 18.9 Å². The molecule has 0 aromatic carbocycles. The Bertz CT molecular complexity index is 234. The number of rotatable bonds is 3. The van der Waals surface area contributed by atoms with Gasteiger partial charge in [0.05, 0.1) is 6.42 Å². The van der Waals surface area contributed by atoms with Gasteiger partial charge >= 0.3 is 5.97 Å². The van der Waals surface area contributed by atoms with Gasteiger partial charge in [-0.1, -0.05) is 0 Å². The number of hydrogen-bond donors (Lipinski definition) is 1. The van der Waals surface area contributed by atoms with Crippen LogP contribution in [0.3, 0.4) is 0 Å². The number of aliphatic carboxylic acids is 1. The number of hydrogen-bond acceptors (Lipinski definition) is 2.